The number of hydrogen-bond donors (Lipinski definition) is 2. The van der Waals surface area contributed by atoms with E-state index in [-0.39, 0.29) is 0 Å². The molecule has 17 heavy (non-hydrogen) atoms. The molecule has 0 amide bonds. The third-order valence-electron chi connectivity index (χ3n) is 4.12. The molecule has 1 aliphatic carbocycles. The Labute approximate surface area is 104 Å². The molecule has 1 atom stereocenters. The van der Waals surface area contributed by atoms with E-state index < -0.39 is 5.60 Å². The number of aliphatic hydroxyl groups is 1. The van der Waals surface area contributed by atoms with Crippen molar-refractivity contribution >= 4 is 5.69 Å². The number of anilines is 1. The van der Waals surface area contributed by atoms with Crippen molar-refractivity contribution < 1.29 is 5.11 Å². The predicted octanol–water partition coefficient (Wildman–Crippen LogP) is 3.45. The minimum Gasteiger partial charge on any atom is -0.399 e. The van der Waals surface area contributed by atoms with Crippen molar-refractivity contribution in [1.29, 1.82) is 0 Å². The van der Waals surface area contributed by atoms with Gasteiger partial charge in [-0.15, -0.1) is 0 Å². The Kier molecular flexibility index (Phi) is 3.72. The average Bonchev–Trinajstić information content (AvgIpc) is 2.58. The van der Waals surface area contributed by atoms with Gasteiger partial charge in [-0.2, -0.15) is 0 Å². The highest BCUT2D eigenvalue weighted by Gasteiger charge is 2.33. The van der Waals surface area contributed by atoms with Gasteiger partial charge < -0.3 is 10.8 Å². The molecule has 0 bridgehead atoms. The van der Waals surface area contributed by atoms with Gasteiger partial charge in [-0.3, -0.25) is 0 Å². The monoisotopic (exact) mass is 233 g/mol. The fourth-order valence-electron chi connectivity index (χ4n) is 2.93. The molecule has 94 valence electrons. The van der Waals surface area contributed by atoms with E-state index in [0.717, 1.165) is 24.1 Å². The molecule has 1 aromatic rings. The van der Waals surface area contributed by atoms with E-state index in [4.69, 9.17) is 5.73 Å². The topological polar surface area (TPSA) is 46.2 Å². The van der Waals surface area contributed by atoms with Gasteiger partial charge in [-0.1, -0.05) is 37.8 Å². The molecule has 1 aliphatic rings. The molecule has 2 nitrogen and oxygen atoms in total. The lowest BCUT2D eigenvalue weighted by molar-refractivity contribution is -0.0125. The minimum atomic E-state index is -0.736. The highest BCUT2D eigenvalue weighted by Crippen LogP contribution is 2.38. The van der Waals surface area contributed by atoms with Crippen LogP contribution in [0.25, 0.3) is 0 Å². The number of nitrogens with two attached hydrogens (primary N) is 1. The Hall–Kier alpha value is -1.02. The molecule has 0 heterocycles. The van der Waals surface area contributed by atoms with E-state index in [1.54, 1.807) is 0 Å². The van der Waals surface area contributed by atoms with Crippen molar-refractivity contribution in [3.05, 3.63) is 29.8 Å². The first-order chi connectivity index (χ1) is 8.10. The zero-order chi connectivity index (χ0) is 12.3. The third kappa shape index (κ3) is 2.81. The van der Waals surface area contributed by atoms with Crippen LogP contribution in [0, 0.1) is 5.92 Å². The third-order valence-corrected chi connectivity index (χ3v) is 4.12. The molecular formula is C15H23NO. The standard InChI is InChI=1S/C15H23NO/c1-15(17,12-7-4-2-3-5-8-12)13-9-6-10-14(16)11-13/h6,9-12,17H,2-5,7-8,16H2,1H3. The van der Waals surface area contributed by atoms with Crippen molar-refractivity contribution in [1.82, 2.24) is 0 Å². The molecule has 1 aromatic carbocycles. The van der Waals surface area contributed by atoms with E-state index in [1.807, 2.05) is 31.2 Å². The van der Waals surface area contributed by atoms with Crippen LogP contribution in [0.3, 0.4) is 0 Å². The maximum Gasteiger partial charge on any atom is 0.0897 e. The van der Waals surface area contributed by atoms with Crippen LogP contribution in [-0.4, -0.2) is 5.11 Å². The first kappa shape index (κ1) is 12.4. The molecule has 2 rings (SSSR count). The lowest BCUT2D eigenvalue weighted by atomic mass is 9.78. The van der Waals surface area contributed by atoms with E-state index >= 15 is 0 Å². The SMILES string of the molecule is CC(O)(c1cccc(N)c1)C1CCCCCC1. The summed E-state index contributed by atoms with van der Waals surface area (Å²) in [6, 6.07) is 7.69. The molecule has 0 radical (unpaired) electrons. The minimum absolute atomic E-state index is 0.367. The first-order valence-corrected chi connectivity index (χ1v) is 6.69. The summed E-state index contributed by atoms with van der Waals surface area (Å²) in [4.78, 5) is 0. The molecule has 0 saturated heterocycles. The second-order valence-corrected chi connectivity index (χ2v) is 5.46. The largest absolute Gasteiger partial charge is 0.399 e. The molecule has 1 fully saturated rings. The Morgan fingerprint density at radius 3 is 2.41 bits per heavy atom. The lowest BCUT2D eigenvalue weighted by Crippen LogP contribution is -2.31. The van der Waals surface area contributed by atoms with E-state index in [0.29, 0.717) is 5.92 Å². The molecule has 0 aromatic heterocycles. The number of nitrogen functional groups attached to an aromatic ring is 1. The fraction of sp³-hybridized carbons (Fsp3) is 0.600. The van der Waals surface area contributed by atoms with Crippen molar-refractivity contribution in [3.63, 3.8) is 0 Å². The second-order valence-electron chi connectivity index (χ2n) is 5.46. The predicted molar refractivity (Wildman–Crippen MR) is 71.6 cm³/mol. The smallest absolute Gasteiger partial charge is 0.0897 e. The van der Waals surface area contributed by atoms with Gasteiger partial charge in [0.25, 0.3) is 0 Å². The average molecular weight is 233 g/mol. The number of hydrogen-bond acceptors (Lipinski definition) is 2. The summed E-state index contributed by atoms with van der Waals surface area (Å²) in [6.45, 7) is 1.94. The van der Waals surface area contributed by atoms with E-state index in [1.165, 1.54) is 25.7 Å². The molecule has 0 spiro atoms. The Morgan fingerprint density at radius 2 is 1.82 bits per heavy atom. The first-order valence-electron chi connectivity index (χ1n) is 6.69. The van der Waals surface area contributed by atoms with Crippen LogP contribution in [-0.2, 0) is 5.60 Å². The summed E-state index contributed by atoms with van der Waals surface area (Å²) >= 11 is 0. The van der Waals surface area contributed by atoms with Crippen molar-refractivity contribution in [2.24, 2.45) is 5.92 Å². The Balaban J connectivity index is 2.21. The van der Waals surface area contributed by atoms with Gasteiger partial charge in [0.05, 0.1) is 5.60 Å². The highest BCUT2D eigenvalue weighted by atomic mass is 16.3. The number of rotatable bonds is 2. The van der Waals surface area contributed by atoms with Crippen LogP contribution in [0.4, 0.5) is 5.69 Å². The van der Waals surface area contributed by atoms with Crippen LogP contribution in [0.5, 0.6) is 0 Å². The zero-order valence-corrected chi connectivity index (χ0v) is 10.7. The second kappa shape index (κ2) is 5.09. The molecule has 1 saturated carbocycles. The van der Waals surface area contributed by atoms with Gasteiger partial charge in [-0.05, 0) is 43.4 Å². The highest BCUT2D eigenvalue weighted by molar-refractivity contribution is 5.42. The van der Waals surface area contributed by atoms with Crippen LogP contribution in [0.2, 0.25) is 0 Å². The summed E-state index contributed by atoms with van der Waals surface area (Å²) in [5.74, 6) is 0.367. The Bertz CT molecular complexity index is 365. The van der Waals surface area contributed by atoms with E-state index in [9.17, 15) is 5.11 Å². The van der Waals surface area contributed by atoms with Gasteiger partial charge in [0.1, 0.15) is 0 Å². The molecule has 3 N–H and O–H groups in total. The van der Waals surface area contributed by atoms with Crippen LogP contribution >= 0.6 is 0 Å². The van der Waals surface area contributed by atoms with E-state index in [2.05, 4.69) is 0 Å². The maximum atomic E-state index is 10.8. The Morgan fingerprint density at radius 1 is 1.18 bits per heavy atom. The normalized spacial score (nSPS) is 21.8. The zero-order valence-electron chi connectivity index (χ0n) is 10.7. The summed E-state index contributed by atoms with van der Waals surface area (Å²) in [6.07, 6.45) is 7.35. The molecular weight excluding hydrogens is 210 g/mol. The van der Waals surface area contributed by atoms with Crippen molar-refractivity contribution in [2.45, 2.75) is 51.0 Å². The number of benzene rings is 1. The summed E-state index contributed by atoms with van der Waals surface area (Å²) in [7, 11) is 0. The summed E-state index contributed by atoms with van der Waals surface area (Å²) in [5.41, 5.74) is 6.76. The van der Waals surface area contributed by atoms with Gasteiger partial charge in [0.15, 0.2) is 0 Å². The van der Waals surface area contributed by atoms with Crippen LogP contribution in [0.1, 0.15) is 51.0 Å². The fourth-order valence-corrected chi connectivity index (χ4v) is 2.93. The van der Waals surface area contributed by atoms with Gasteiger partial charge in [-0.25, -0.2) is 0 Å². The van der Waals surface area contributed by atoms with Crippen LogP contribution in [0.15, 0.2) is 24.3 Å². The van der Waals surface area contributed by atoms with Crippen LogP contribution < -0.4 is 5.73 Å². The summed E-state index contributed by atoms with van der Waals surface area (Å²) < 4.78 is 0. The molecule has 2 heteroatoms. The van der Waals surface area contributed by atoms with Crippen molar-refractivity contribution in [3.8, 4) is 0 Å². The van der Waals surface area contributed by atoms with Gasteiger partial charge >= 0.3 is 0 Å². The maximum absolute atomic E-state index is 10.8. The van der Waals surface area contributed by atoms with Gasteiger partial charge in [0.2, 0.25) is 0 Å². The van der Waals surface area contributed by atoms with Gasteiger partial charge in [0, 0.05) is 5.69 Å². The molecule has 1 unspecified atom stereocenters. The van der Waals surface area contributed by atoms with Crippen molar-refractivity contribution in [2.75, 3.05) is 5.73 Å². The molecule has 0 aliphatic heterocycles. The quantitative estimate of drug-likeness (QED) is 0.607. The lowest BCUT2D eigenvalue weighted by Gasteiger charge is -2.33. The summed E-state index contributed by atoms with van der Waals surface area (Å²) in [5, 5.41) is 10.8.